The molecular formula is C13H24Cl2N4O. The normalized spacial score (nSPS) is 20.8. The fourth-order valence-electron chi connectivity index (χ4n) is 2.39. The van der Waals surface area contributed by atoms with E-state index >= 15 is 0 Å². The second-order valence-electron chi connectivity index (χ2n) is 5.72. The van der Waals surface area contributed by atoms with E-state index in [1.54, 1.807) is 10.9 Å². The van der Waals surface area contributed by atoms with Gasteiger partial charge in [-0.2, -0.15) is 5.10 Å². The van der Waals surface area contributed by atoms with Crippen LogP contribution in [-0.2, 0) is 11.3 Å². The molecule has 2 rings (SSSR count). The quantitative estimate of drug-likeness (QED) is 0.921. The number of hydrogen-bond donors (Lipinski definition) is 1. The summed E-state index contributed by atoms with van der Waals surface area (Å²) in [5, 5.41) is 4.10. The Hall–Kier alpha value is -0.780. The molecule has 1 saturated heterocycles. The van der Waals surface area contributed by atoms with Gasteiger partial charge in [0.05, 0.1) is 0 Å². The molecule has 20 heavy (non-hydrogen) atoms. The molecule has 1 fully saturated rings. The molecule has 2 N–H and O–H groups in total. The summed E-state index contributed by atoms with van der Waals surface area (Å²) in [5.41, 5.74) is 6.09. The molecule has 1 aromatic heterocycles. The van der Waals surface area contributed by atoms with E-state index in [0.29, 0.717) is 13.0 Å². The minimum absolute atomic E-state index is 0. The molecule has 7 heteroatoms. The third-order valence-electron chi connectivity index (χ3n) is 3.78. The molecule has 0 spiro atoms. The van der Waals surface area contributed by atoms with Crippen LogP contribution in [-0.4, -0.2) is 39.7 Å². The molecular weight excluding hydrogens is 299 g/mol. The second-order valence-corrected chi connectivity index (χ2v) is 5.72. The summed E-state index contributed by atoms with van der Waals surface area (Å²) in [6, 6.07) is 2.06. The van der Waals surface area contributed by atoms with Crippen molar-refractivity contribution in [3.63, 3.8) is 0 Å². The summed E-state index contributed by atoms with van der Waals surface area (Å²) in [4.78, 5) is 14.1. The number of halogens is 2. The van der Waals surface area contributed by atoms with Gasteiger partial charge in [-0.3, -0.25) is 9.48 Å². The summed E-state index contributed by atoms with van der Waals surface area (Å²) < 4.78 is 1.79. The van der Waals surface area contributed by atoms with Gasteiger partial charge in [-0.15, -0.1) is 24.8 Å². The van der Waals surface area contributed by atoms with Crippen molar-refractivity contribution in [2.75, 3.05) is 13.1 Å². The number of aromatic nitrogens is 2. The predicted molar refractivity (Wildman–Crippen MR) is 84.3 cm³/mol. The molecule has 0 saturated carbocycles. The third kappa shape index (κ3) is 4.65. The monoisotopic (exact) mass is 322 g/mol. The Kier molecular flexibility index (Phi) is 7.55. The maximum atomic E-state index is 12.1. The number of amides is 1. The van der Waals surface area contributed by atoms with Crippen molar-refractivity contribution in [2.24, 2.45) is 11.1 Å². The van der Waals surface area contributed by atoms with Gasteiger partial charge in [0, 0.05) is 44.5 Å². The highest BCUT2D eigenvalue weighted by molar-refractivity contribution is 5.85. The van der Waals surface area contributed by atoms with Crippen LogP contribution < -0.4 is 5.73 Å². The second kappa shape index (κ2) is 7.86. The lowest BCUT2D eigenvalue weighted by molar-refractivity contribution is -0.134. The van der Waals surface area contributed by atoms with E-state index in [4.69, 9.17) is 5.73 Å². The zero-order valence-corrected chi connectivity index (χ0v) is 13.6. The first-order valence-corrected chi connectivity index (χ1v) is 6.50. The standard InChI is InChI=1S/C13H22N4O.2ClH/c1-13(2)10-16(8-4-11(13)14)12(18)5-9-17-7-3-6-15-17;;/h3,6-7,11H,4-5,8-10,14H2,1-2H3;2*1H. The molecule has 0 radical (unpaired) electrons. The van der Waals surface area contributed by atoms with Crippen molar-refractivity contribution >= 4 is 30.7 Å². The summed E-state index contributed by atoms with van der Waals surface area (Å²) in [5.74, 6) is 0.200. The summed E-state index contributed by atoms with van der Waals surface area (Å²) >= 11 is 0. The molecule has 1 atom stereocenters. The van der Waals surface area contributed by atoms with Gasteiger partial charge in [0.15, 0.2) is 0 Å². The molecule has 1 aliphatic heterocycles. The Balaban J connectivity index is 0.00000180. The topological polar surface area (TPSA) is 64.2 Å². The van der Waals surface area contributed by atoms with Crippen LogP contribution >= 0.6 is 24.8 Å². The van der Waals surface area contributed by atoms with Crippen molar-refractivity contribution in [1.29, 1.82) is 0 Å². The average molecular weight is 323 g/mol. The molecule has 5 nitrogen and oxygen atoms in total. The van der Waals surface area contributed by atoms with Crippen molar-refractivity contribution < 1.29 is 4.79 Å². The van der Waals surface area contributed by atoms with Gasteiger partial charge in [0.2, 0.25) is 5.91 Å². The average Bonchev–Trinajstić information content (AvgIpc) is 2.82. The van der Waals surface area contributed by atoms with Gasteiger partial charge in [0.25, 0.3) is 0 Å². The Morgan fingerprint density at radius 1 is 1.45 bits per heavy atom. The zero-order chi connectivity index (χ0) is 13.2. The van der Waals surface area contributed by atoms with Crippen LogP contribution in [0.15, 0.2) is 18.5 Å². The number of aryl methyl sites for hydroxylation is 1. The summed E-state index contributed by atoms with van der Waals surface area (Å²) in [6.45, 7) is 6.44. The highest BCUT2D eigenvalue weighted by Crippen LogP contribution is 2.27. The van der Waals surface area contributed by atoms with E-state index in [2.05, 4.69) is 18.9 Å². The summed E-state index contributed by atoms with van der Waals surface area (Å²) in [6.07, 6.45) is 5.00. The van der Waals surface area contributed by atoms with Crippen molar-refractivity contribution in [2.45, 2.75) is 39.3 Å². The lowest BCUT2D eigenvalue weighted by Crippen LogP contribution is -2.54. The Morgan fingerprint density at radius 2 is 2.15 bits per heavy atom. The van der Waals surface area contributed by atoms with Gasteiger partial charge >= 0.3 is 0 Å². The third-order valence-corrected chi connectivity index (χ3v) is 3.78. The van der Waals surface area contributed by atoms with Crippen LogP contribution in [0.4, 0.5) is 0 Å². The number of nitrogens with zero attached hydrogens (tertiary/aromatic N) is 3. The van der Waals surface area contributed by atoms with Crippen LogP contribution in [0.1, 0.15) is 26.7 Å². The number of rotatable bonds is 3. The maximum absolute atomic E-state index is 12.1. The zero-order valence-electron chi connectivity index (χ0n) is 12.0. The van der Waals surface area contributed by atoms with E-state index < -0.39 is 0 Å². The van der Waals surface area contributed by atoms with Gasteiger partial charge in [-0.25, -0.2) is 0 Å². The minimum Gasteiger partial charge on any atom is -0.342 e. The van der Waals surface area contributed by atoms with E-state index in [0.717, 1.165) is 19.5 Å². The number of nitrogens with two attached hydrogens (primary N) is 1. The highest BCUT2D eigenvalue weighted by Gasteiger charge is 2.34. The fourth-order valence-corrected chi connectivity index (χ4v) is 2.39. The van der Waals surface area contributed by atoms with Gasteiger partial charge in [-0.1, -0.05) is 13.8 Å². The fraction of sp³-hybridized carbons (Fsp3) is 0.692. The number of carbonyl (C=O) groups is 1. The van der Waals surface area contributed by atoms with E-state index in [1.165, 1.54) is 0 Å². The van der Waals surface area contributed by atoms with Crippen LogP contribution in [0, 0.1) is 5.41 Å². The lowest BCUT2D eigenvalue weighted by Gasteiger charge is -2.42. The van der Waals surface area contributed by atoms with E-state index in [9.17, 15) is 4.79 Å². The minimum atomic E-state index is 0. The van der Waals surface area contributed by atoms with E-state index in [1.807, 2.05) is 17.2 Å². The van der Waals surface area contributed by atoms with Crippen molar-refractivity contribution in [1.82, 2.24) is 14.7 Å². The van der Waals surface area contributed by atoms with Gasteiger partial charge < -0.3 is 10.6 Å². The molecule has 0 aromatic carbocycles. The molecule has 0 bridgehead atoms. The highest BCUT2D eigenvalue weighted by atomic mass is 35.5. The van der Waals surface area contributed by atoms with Gasteiger partial charge in [-0.05, 0) is 17.9 Å². The van der Waals surface area contributed by atoms with Crippen molar-refractivity contribution in [3.05, 3.63) is 18.5 Å². The molecule has 1 amide bonds. The molecule has 2 heterocycles. The first-order valence-electron chi connectivity index (χ1n) is 6.50. The number of hydrogen-bond acceptors (Lipinski definition) is 3. The molecule has 1 unspecified atom stereocenters. The van der Waals surface area contributed by atoms with Gasteiger partial charge in [0.1, 0.15) is 0 Å². The molecule has 0 aliphatic carbocycles. The number of piperidine rings is 1. The molecule has 1 aromatic rings. The Morgan fingerprint density at radius 3 is 2.70 bits per heavy atom. The van der Waals surface area contributed by atoms with Crippen molar-refractivity contribution in [3.8, 4) is 0 Å². The van der Waals surface area contributed by atoms with Crippen LogP contribution in [0.5, 0.6) is 0 Å². The summed E-state index contributed by atoms with van der Waals surface area (Å²) in [7, 11) is 0. The maximum Gasteiger partial charge on any atom is 0.224 e. The Bertz CT molecular complexity index is 409. The van der Waals surface area contributed by atoms with Crippen LogP contribution in [0.2, 0.25) is 0 Å². The van der Waals surface area contributed by atoms with E-state index in [-0.39, 0.29) is 42.2 Å². The van der Waals surface area contributed by atoms with Crippen LogP contribution in [0.3, 0.4) is 0 Å². The first-order chi connectivity index (χ1) is 8.49. The predicted octanol–water partition coefficient (Wildman–Crippen LogP) is 1.70. The Labute approximate surface area is 132 Å². The smallest absolute Gasteiger partial charge is 0.224 e. The molecule has 1 aliphatic rings. The van der Waals surface area contributed by atoms with Crippen LogP contribution in [0.25, 0.3) is 0 Å². The first kappa shape index (κ1) is 19.2. The molecule has 116 valence electrons. The number of carbonyl (C=O) groups excluding carboxylic acids is 1. The SMILES string of the molecule is CC1(C)CN(C(=O)CCn2cccn2)CCC1N.Cl.Cl. The lowest BCUT2D eigenvalue weighted by atomic mass is 9.79. The number of likely N-dealkylation sites (tertiary alicyclic amines) is 1. The largest absolute Gasteiger partial charge is 0.342 e.